The fourth-order valence-corrected chi connectivity index (χ4v) is 1.02. The second-order valence-electron chi connectivity index (χ2n) is 2.50. The van der Waals surface area contributed by atoms with Gasteiger partial charge in [-0.3, -0.25) is 10.1 Å². The van der Waals surface area contributed by atoms with Crippen LogP contribution >= 0.6 is 0 Å². The van der Waals surface area contributed by atoms with Gasteiger partial charge in [-0.15, -0.1) is 0 Å². The number of rotatable bonds is 2. The molecule has 0 saturated carbocycles. The second-order valence-corrected chi connectivity index (χ2v) is 2.50. The Bertz CT molecular complexity index is 351. The van der Waals surface area contributed by atoms with E-state index in [1.54, 1.807) is 0 Å². The summed E-state index contributed by atoms with van der Waals surface area (Å²) in [6, 6.07) is 2.80. The van der Waals surface area contributed by atoms with Gasteiger partial charge in [0, 0.05) is 5.56 Å². The van der Waals surface area contributed by atoms with Crippen LogP contribution in [-0.4, -0.2) is 12.0 Å². The van der Waals surface area contributed by atoms with Crippen LogP contribution < -0.4 is 4.74 Å². The lowest BCUT2D eigenvalue weighted by Gasteiger charge is -2.03. The molecule has 1 aromatic rings. The molecule has 5 heteroatoms. The Kier molecular flexibility index (Phi) is 2.46. The van der Waals surface area contributed by atoms with Gasteiger partial charge in [-0.2, -0.15) is 4.39 Å². The Balaban J connectivity index is 3.38. The maximum Gasteiger partial charge on any atom is 0.311 e. The number of halogens is 1. The molecule has 0 saturated heterocycles. The topological polar surface area (TPSA) is 52.4 Å². The van der Waals surface area contributed by atoms with E-state index in [-0.39, 0.29) is 11.3 Å². The van der Waals surface area contributed by atoms with E-state index in [9.17, 15) is 14.5 Å². The van der Waals surface area contributed by atoms with Crippen molar-refractivity contribution in [3.63, 3.8) is 0 Å². The van der Waals surface area contributed by atoms with Crippen molar-refractivity contribution in [3.05, 3.63) is 33.6 Å². The predicted molar refractivity (Wildman–Crippen MR) is 44.3 cm³/mol. The van der Waals surface area contributed by atoms with Gasteiger partial charge in [0.25, 0.3) is 0 Å². The van der Waals surface area contributed by atoms with Crippen LogP contribution in [0.4, 0.5) is 10.1 Å². The first-order chi connectivity index (χ1) is 6.07. The molecule has 0 fully saturated rings. The summed E-state index contributed by atoms with van der Waals surface area (Å²) < 4.78 is 17.8. The number of nitro benzene ring substituents is 1. The summed E-state index contributed by atoms with van der Waals surface area (Å²) in [5, 5.41) is 10.4. The highest BCUT2D eigenvalue weighted by Crippen LogP contribution is 2.29. The molecule has 0 unspecified atom stereocenters. The summed E-state index contributed by atoms with van der Waals surface area (Å²) in [6.45, 7) is 1.47. The largest absolute Gasteiger partial charge is 0.493 e. The highest BCUT2D eigenvalue weighted by Gasteiger charge is 2.21. The Hall–Kier alpha value is -1.65. The molecule has 4 nitrogen and oxygen atoms in total. The number of nitro groups is 1. The molecule has 13 heavy (non-hydrogen) atoms. The normalized spacial score (nSPS) is 9.77. The summed E-state index contributed by atoms with van der Waals surface area (Å²) in [5.74, 6) is -1.04. The second kappa shape index (κ2) is 3.38. The Morgan fingerprint density at radius 2 is 2.15 bits per heavy atom. The molecule has 70 valence electrons. The van der Waals surface area contributed by atoms with Crippen molar-refractivity contribution in [2.45, 2.75) is 6.92 Å². The first-order valence-corrected chi connectivity index (χ1v) is 3.55. The average Bonchev–Trinajstić information content (AvgIpc) is 2.04. The van der Waals surface area contributed by atoms with Gasteiger partial charge in [-0.1, -0.05) is 0 Å². The summed E-state index contributed by atoms with van der Waals surface area (Å²) >= 11 is 0. The molecular weight excluding hydrogens is 177 g/mol. The molecule has 0 radical (unpaired) electrons. The van der Waals surface area contributed by atoms with Gasteiger partial charge >= 0.3 is 5.69 Å². The molecule has 0 N–H and O–H groups in total. The van der Waals surface area contributed by atoms with Crippen LogP contribution in [0, 0.1) is 22.9 Å². The summed E-state index contributed by atoms with van der Waals surface area (Å²) in [5.41, 5.74) is -0.248. The van der Waals surface area contributed by atoms with Crippen molar-refractivity contribution in [2.75, 3.05) is 7.11 Å². The highest BCUT2D eigenvalue weighted by atomic mass is 19.1. The summed E-state index contributed by atoms with van der Waals surface area (Å²) in [7, 11) is 1.26. The molecule has 0 aliphatic rings. The SMILES string of the molecule is COc1ccc(C)c([N+](=O)[O-])c1F. The molecule has 0 spiro atoms. The molecule has 0 aliphatic carbocycles. The zero-order valence-electron chi connectivity index (χ0n) is 7.20. The lowest BCUT2D eigenvalue weighted by molar-refractivity contribution is -0.388. The third kappa shape index (κ3) is 1.58. The minimum Gasteiger partial charge on any atom is -0.493 e. The first-order valence-electron chi connectivity index (χ1n) is 3.55. The van der Waals surface area contributed by atoms with Crippen molar-refractivity contribution in [1.29, 1.82) is 0 Å². The highest BCUT2D eigenvalue weighted by molar-refractivity contribution is 5.47. The van der Waals surface area contributed by atoms with E-state index in [0.29, 0.717) is 0 Å². The van der Waals surface area contributed by atoms with E-state index < -0.39 is 16.4 Å². The predicted octanol–water partition coefficient (Wildman–Crippen LogP) is 2.05. The number of hydrogen-bond acceptors (Lipinski definition) is 3. The summed E-state index contributed by atoms with van der Waals surface area (Å²) in [4.78, 5) is 9.66. The quantitative estimate of drug-likeness (QED) is 0.523. The van der Waals surface area contributed by atoms with Crippen molar-refractivity contribution >= 4 is 5.69 Å². The number of methoxy groups -OCH3 is 1. The van der Waals surface area contributed by atoms with E-state index in [1.807, 2.05) is 0 Å². The molecule has 0 bridgehead atoms. The van der Waals surface area contributed by atoms with Crippen LogP contribution in [0.25, 0.3) is 0 Å². The minimum atomic E-state index is -0.924. The van der Waals surface area contributed by atoms with Crippen LogP contribution in [0.3, 0.4) is 0 Å². The van der Waals surface area contributed by atoms with Gasteiger partial charge in [0.05, 0.1) is 12.0 Å². The van der Waals surface area contributed by atoms with Gasteiger partial charge < -0.3 is 4.74 Å². The van der Waals surface area contributed by atoms with Crippen molar-refractivity contribution < 1.29 is 14.1 Å². The maximum atomic E-state index is 13.2. The lowest BCUT2D eigenvalue weighted by Crippen LogP contribution is -1.98. The van der Waals surface area contributed by atoms with Crippen LogP contribution in [0.2, 0.25) is 0 Å². The van der Waals surface area contributed by atoms with Gasteiger partial charge in [0.1, 0.15) is 0 Å². The van der Waals surface area contributed by atoms with Gasteiger partial charge in [-0.05, 0) is 19.1 Å². The zero-order valence-corrected chi connectivity index (χ0v) is 7.20. The van der Waals surface area contributed by atoms with E-state index in [2.05, 4.69) is 4.74 Å². The number of aryl methyl sites for hydroxylation is 1. The van der Waals surface area contributed by atoms with Crippen LogP contribution in [0.15, 0.2) is 12.1 Å². The van der Waals surface area contributed by atoms with E-state index in [4.69, 9.17) is 0 Å². The maximum absolute atomic E-state index is 13.2. The van der Waals surface area contributed by atoms with Gasteiger partial charge in [0.15, 0.2) is 5.75 Å². The molecule has 0 amide bonds. The Morgan fingerprint density at radius 3 is 2.62 bits per heavy atom. The van der Waals surface area contributed by atoms with E-state index in [1.165, 1.54) is 26.2 Å². The standard InChI is InChI=1S/C8H8FNO3/c1-5-3-4-6(13-2)7(9)8(5)10(11)12/h3-4H,1-2H3. The van der Waals surface area contributed by atoms with Crippen molar-refractivity contribution in [1.82, 2.24) is 0 Å². The third-order valence-corrected chi connectivity index (χ3v) is 1.68. The fraction of sp³-hybridized carbons (Fsp3) is 0.250. The van der Waals surface area contributed by atoms with E-state index in [0.717, 1.165) is 0 Å². The van der Waals surface area contributed by atoms with Crippen LogP contribution in [0.5, 0.6) is 5.75 Å². The molecule has 1 rings (SSSR count). The Morgan fingerprint density at radius 1 is 1.54 bits per heavy atom. The van der Waals surface area contributed by atoms with E-state index >= 15 is 0 Å². The van der Waals surface area contributed by atoms with Gasteiger partial charge in [0.2, 0.25) is 5.82 Å². The first kappa shape index (κ1) is 9.44. The monoisotopic (exact) mass is 185 g/mol. The van der Waals surface area contributed by atoms with Crippen LogP contribution in [0.1, 0.15) is 5.56 Å². The van der Waals surface area contributed by atoms with Crippen molar-refractivity contribution in [3.8, 4) is 5.75 Å². The smallest absolute Gasteiger partial charge is 0.311 e. The molecule has 0 aliphatic heterocycles. The van der Waals surface area contributed by atoms with Crippen LogP contribution in [-0.2, 0) is 0 Å². The average molecular weight is 185 g/mol. The lowest BCUT2D eigenvalue weighted by atomic mass is 10.2. The van der Waals surface area contributed by atoms with Gasteiger partial charge in [-0.25, -0.2) is 0 Å². The van der Waals surface area contributed by atoms with Crippen molar-refractivity contribution in [2.24, 2.45) is 0 Å². The number of nitrogens with zero attached hydrogens (tertiary/aromatic N) is 1. The Labute approximate surface area is 74.1 Å². The fourth-order valence-electron chi connectivity index (χ4n) is 1.02. The zero-order chi connectivity index (χ0) is 10.0. The molecule has 0 atom stereocenters. The number of hydrogen-bond donors (Lipinski definition) is 0. The minimum absolute atomic E-state index is 0.114. The third-order valence-electron chi connectivity index (χ3n) is 1.68. The molecular formula is C8H8FNO3. The molecule has 0 aromatic heterocycles. The molecule has 1 aromatic carbocycles. The molecule has 0 heterocycles. The number of ether oxygens (including phenoxy) is 1. The number of benzene rings is 1. The summed E-state index contributed by atoms with van der Waals surface area (Å²) in [6.07, 6.45) is 0.